The van der Waals surface area contributed by atoms with Gasteiger partial charge in [0.1, 0.15) is 0 Å². The van der Waals surface area contributed by atoms with Gasteiger partial charge in [0.05, 0.1) is 0 Å². The molecule has 0 saturated carbocycles. The first-order valence-electron chi connectivity index (χ1n) is 5.91. The molecular weight excluding hydrogens is 214 g/mol. The summed E-state index contributed by atoms with van der Waals surface area (Å²) in [7, 11) is 3.95. The molecule has 1 aromatic rings. The number of benzene rings is 1. The van der Waals surface area contributed by atoms with E-state index in [9.17, 15) is 4.79 Å². The third-order valence-electron chi connectivity index (χ3n) is 2.50. The molecule has 0 heterocycles. The first-order chi connectivity index (χ1) is 8.13. The van der Waals surface area contributed by atoms with Gasteiger partial charge in [-0.2, -0.15) is 0 Å². The zero-order valence-corrected chi connectivity index (χ0v) is 10.6. The maximum atomic E-state index is 11.6. The Hall–Kier alpha value is -1.55. The molecule has 0 radical (unpaired) electrons. The zero-order valence-electron chi connectivity index (χ0n) is 10.6. The predicted octanol–water partition coefficient (Wildman–Crippen LogP) is 1.82. The number of rotatable bonds is 6. The lowest BCUT2D eigenvalue weighted by Crippen LogP contribution is -2.13. The van der Waals surface area contributed by atoms with Crippen LogP contribution in [0.25, 0.3) is 0 Å². The topological polar surface area (TPSA) is 58.4 Å². The number of nitrogens with two attached hydrogens (primary N) is 1. The monoisotopic (exact) mass is 235 g/mol. The van der Waals surface area contributed by atoms with E-state index in [-0.39, 0.29) is 5.91 Å². The lowest BCUT2D eigenvalue weighted by Gasteiger charge is -2.14. The zero-order chi connectivity index (χ0) is 12.7. The molecule has 4 nitrogen and oxygen atoms in total. The summed E-state index contributed by atoms with van der Waals surface area (Å²) in [5, 5.41) is 2.89. The lowest BCUT2D eigenvalue weighted by atomic mass is 10.2. The number of unbranched alkanes of at least 4 members (excludes halogenated alkanes) is 1. The SMILES string of the molecule is CN(C)c1cccc(NC(=O)CCCCN)c1. The van der Waals surface area contributed by atoms with Gasteiger partial charge in [0, 0.05) is 31.9 Å². The number of carbonyl (C=O) groups excluding carboxylic acids is 1. The molecule has 0 spiro atoms. The van der Waals surface area contributed by atoms with Gasteiger partial charge in [-0.25, -0.2) is 0 Å². The molecule has 0 fully saturated rings. The summed E-state index contributed by atoms with van der Waals surface area (Å²) in [6.07, 6.45) is 2.27. The third-order valence-corrected chi connectivity index (χ3v) is 2.50. The van der Waals surface area contributed by atoms with Gasteiger partial charge in [0.2, 0.25) is 5.91 Å². The van der Waals surface area contributed by atoms with E-state index in [4.69, 9.17) is 5.73 Å². The second-order valence-electron chi connectivity index (χ2n) is 4.24. The van der Waals surface area contributed by atoms with Gasteiger partial charge in [-0.1, -0.05) is 6.07 Å². The minimum Gasteiger partial charge on any atom is -0.378 e. The summed E-state index contributed by atoms with van der Waals surface area (Å²) in [5.74, 6) is 0.0503. The van der Waals surface area contributed by atoms with Crippen LogP contribution in [0.3, 0.4) is 0 Å². The minimum absolute atomic E-state index is 0.0503. The van der Waals surface area contributed by atoms with E-state index in [0.29, 0.717) is 13.0 Å². The predicted molar refractivity (Wildman–Crippen MR) is 72.3 cm³/mol. The highest BCUT2D eigenvalue weighted by atomic mass is 16.1. The van der Waals surface area contributed by atoms with Crippen molar-refractivity contribution in [3.63, 3.8) is 0 Å². The van der Waals surface area contributed by atoms with Crippen molar-refractivity contribution in [3.05, 3.63) is 24.3 Å². The van der Waals surface area contributed by atoms with Gasteiger partial charge >= 0.3 is 0 Å². The summed E-state index contributed by atoms with van der Waals surface area (Å²) in [6, 6.07) is 7.80. The van der Waals surface area contributed by atoms with E-state index in [1.54, 1.807) is 0 Å². The van der Waals surface area contributed by atoms with Gasteiger partial charge in [0.25, 0.3) is 0 Å². The largest absolute Gasteiger partial charge is 0.378 e. The van der Waals surface area contributed by atoms with Gasteiger partial charge in [-0.05, 0) is 37.6 Å². The van der Waals surface area contributed by atoms with Crippen molar-refractivity contribution in [2.24, 2.45) is 5.73 Å². The summed E-state index contributed by atoms with van der Waals surface area (Å²) >= 11 is 0. The second-order valence-corrected chi connectivity index (χ2v) is 4.24. The van der Waals surface area contributed by atoms with Crippen molar-refractivity contribution < 1.29 is 4.79 Å². The summed E-state index contributed by atoms with van der Waals surface area (Å²) < 4.78 is 0. The molecule has 1 amide bonds. The van der Waals surface area contributed by atoms with E-state index in [1.807, 2.05) is 43.3 Å². The first kappa shape index (κ1) is 13.5. The Kier molecular flexibility index (Phi) is 5.49. The first-order valence-corrected chi connectivity index (χ1v) is 5.91. The van der Waals surface area contributed by atoms with Gasteiger partial charge in [-0.3, -0.25) is 4.79 Å². The van der Waals surface area contributed by atoms with Crippen molar-refractivity contribution in [1.82, 2.24) is 0 Å². The average Bonchev–Trinajstić information content (AvgIpc) is 2.29. The van der Waals surface area contributed by atoms with Crippen LogP contribution in [0.5, 0.6) is 0 Å². The van der Waals surface area contributed by atoms with Crippen molar-refractivity contribution >= 4 is 17.3 Å². The number of carbonyl (C=O) groups is 1. The third kappa shape index (κ3) is 4.87. The summed E-state index contributed by atoms with van der Waals surface area (Å²) in [5.41, 5.74) is 7.30. The van der Waals surface area contributed by atoms with Crippen LogP contribution in [0.1, 0.15) is 19.3 Å². The highest BCUT2D eigenvalue weighted by molar-refractivity contribution is 5.91. The van der Waals surface area contributed by atoms with E-state index in [1.165, 1.54) is 0 Å². The molecule has 4 heteroatoms. The summed E-state index contributed by atoms with van der Waals surface area (Å²) in [6.45, 7) is 0.642. The van der Waals surface area contributed by atoms with E-state index < -0.39 is 0 Å². The Bertz CT molecular complexity index is 363. The molecule has 94 valence electrons. The van der Waals surface area contributed by atoms with Crippen LogP contribution < -0.4 is 16.0 Å². The van der Waals surface area contributed by atoms with Gasteiger partial charge in [0.15, 0.2) is 0 Å². The van der Waals surface area contributed by atoms with Crippen LogP contribution in [-0.2, 0) is 4.79 Å². The number of nitrogens with zero attached hydrogens (tertiary/aromatic N) is 1. The molecule has 0 aliphatic heterocycles. The quantitative estimate of drug-likeness (QED) is 0.739. The fourth-order valence-electron chi connectivity index (χ4n) is 1.52. The minimum atomic E-state index is 0.0503. The number of hydrogen-bond acceptors (Lipinski definition) is 3. The molecule has 0 aliphatic rings. The average molecular weight is 235 g/mol. The number of hydrogen-bond donors (Lipinski definition) is 2. The maximum absolute atomic E-state index is 11.6. The molecule has 1 rings (SSSR count). The van der Waals surface area contributed by atoms with Crippen LogP contribution >= 0.6 is 0 Å². The highest BCUT2D eigenvalue weighted by Gasteiger charge is 2.03. The van der Waals surface area contributed by atoms with E-state index in [0.717, 1.165) is 24.2 Å². The smallest absolute Gasteiger partial charge is 0.224 e. The number of nitrogens with one attached hydrogen (secondary N) is 1. The Labute approximate surface area is 103 Å². The van der Waals surface area contributed by atoms with Crippen LogP contribution in [-0.4, -0.2) is 26.5 Å². The van der Waals surface area contributed by atoms with Crippen LogP contribution in [0.2, 0.25) is 0 Å². The fraction of sp³-hybridized carbons (Fsp3) is 0.462. The van der Waals surface area contributed by atoms with Crippen LogP contribution in [0.4, 0.5) is 11.4 Å². The normalized spacial score (nSPS) is 10.1. The van der Waals surface area contributed by atoms with Crippen molar-refractivity contribution in [1.29, 1.82) is 0 Å². The lowest BCUT2D eigenvalue weighted by molar-refractivity contribution is -0.116. The molecule has 0 unspecified atom stereocenters. The Balaban J connectivity index is 2.50. The second kappa shape index (κ2) is 6.91. The molecule has 1 aromatic carbocycles. The van der Waals surface area contributed by atoms with E-state index in [2.05, 4.69) is 5.32 Å². The van der Waals surface area contributed by atoms with Crippen molar-refractivity contribution in [2.75, 3.05) is 30.9 Å². The number of amides is 1. The Morgan fingerprint density at radius 3 is 2.76 bits per heavy atom. The fourth-order valence-corrected chi connectivity index (χ4v) is 1.52. The van der Waals surface area contributed by atoms with Gasteiger partial charge in [-0.15, -0.1) is 0 Å². The molecular formula is C13H21N3O. The standard InChI is InChI=1S/C13H21N3O/c1-16(2)12-7-5-6-11(10-12)15-13(17)8-3-4-9-14/h5-7,10H,3-4,8-9,14H2,1-2H3,(H,15,17). The number of anilines is 2. The Morgan fingerprint density at radius 2 is 2.12 bits per heavy atom. The van der Waals surface area contributed by atoms with E-state index >= 15 is 0 Å². The highest BCUT2D eigenvalue weighted by Crippen LogP contribution is 2.17. The molecule has 0 aromatic heterocycles. The van der Waals surface area contributed by atoms with Crippen LogP contribution in [0.15, 0.2) is 24.3 Å². The molecule has 0 atom stereocenters. The summed E-state index contributed by atoms with van der Waals surface area (Å²) in [4.78, 5) is 13.6. The van der Waals surface area contributed by atoms with Crippen molar-refractivity contribution in [3.8, 4) is 0 Å². The Morgan fingerprint density at radius 1 is 1.35 bits per heavy atom. The van der Waals surface area contributed by atoms with Gasteiger partial charge < -0.3 is 16.0 Å². The molecule has 3 N–H and O–H groups in total. The van der Waals surface area contributed by atoms with Crippen molar-refractivity contribution in [2.45, 2.75) is 19.3 Å². The molecule has 17 heavy (non-hydrogen) atoms. The molecule has 0 aliphatic carbocycles. The molecule has 0 saturated heterocycles. The molecule has 0 bridgehead atoms. The van der Waals surface area contributed by atoms with Crippen LogP contribution in [0, 0.1) is 0 Å². The maximum Gasteiger partial charge on any atom is 0.224 e.